The summed E-state index contributed by atoms with van der Waals surface area (Å²) in [6.07, 6.45) is 0. The standard InChI is InChI=1S/C8H10N2O/c1-10-8(9)6-2-4-7(11)5-3-6/h2-5,11H,1H3,(H2,9,10). The van der Waals surface area contributed by atoms with E-state index in [0.717, 1.165) is 5.56 Å². The van der Waals surface area contributed by atoms with Crippen LogP contribution in [0, 0.1) is 5.41 Å². The second-order valence-electron chi connectivity index (χ2n) is 2.17. The molecule has 3 N–H and O–H groups in total. The van der Waals surface area contributed by atoms with Crippen molar-refractivity contribution in [2.45, 2.75) is 0 Å². The Hall–Kier alpha value is -1.51. The summed E-state index contributed by atoms with van der Waals surface area (Å²) >= 11 is 0. The molecule has 0 aromatic heterocycles. The minimum atomic E-state index is 0.220. The maximum atomic E-state index is 8.92. The van der Waals surface area contributed by atoms with Gasteiger partial charge in [0.15, 0.2) is 0 Å². The first kappa shape index (κ1) is 7.60. The third-order valence-electron chi connectivity index (χ3n) is 1.41. The molecule has 0 aliphatic rings. The van der Waals surface area contributed by atoms with E-state index >= 15 is 0 Å². The van der Waals surface area contributed by atoms with Gasteiger partial charge in [0.25, 0.3) is 0 Å². The van der Waals surface area contributed by atoms with E-state index in [1.807, 2.05) is 0 Å². The van der Waals surface area contributed by atoms with Crippen molar-refractivity contribution < 1.29 is 5.11 Å². The van der Waals surface area contributed by atoms with Crippen LogP contribution in [-0.2, 0) is 0 Å². The van der Waals surface area contributed by atoms with Crippen molar-refractivity contribution in [3.63, 3.8) is 0 Å². The van der Waals surface area contributed by atoms with Gasteiger partial charge in [0.2, 0.25) is 0 Å². The third kappa shape index (κ3) is 1.70. The van der Waals surface area contributed by atoms with Gasteiger partial charge < -0.3 is 10.4 Å². The molecule has 0 spiro atoms. The maximum Gasteiger partial charge on any atom is 0.125 e. The van der Waals surface area contributed by atoms with Gasteiger partial charge in [0.05, 0.1) is 0 Å². The Kier molecular flexibility index (Phi) is 2.11. The van der Waals surface area contributed by atoms with Crippen LogP contribution in [0.2, 0.25) is 0 Å². The van der Waals surface area contributed by atoms with E-state index in [2.05, 4.69) is 5.32 Å². The molecule has 0 radical (unpaired) electrons. The highest BCUT2D eigenvalue weighted by atomic mass is 16.3. The van der Waals surface area contributed by atoms with E-state index in [4.69, 9.17) is 10.5 Å². The van der Waals surface area contributed by atoms with Crippen LogP contribution in [0.3, 0.4) is 0 Å². The second kappa shape index (κ2) is 3.05. The Balaban J connectivity index is 2.90. The van der Waals surface area contributed by atoms with Crippen molar-refractivity contribution >= 4 is 5.84 Å². The fourth-order valence-electron chi connectivity index (χ4n) is 0.772. The van der Waals surface area contributed by atoms with Crippen LogP contribution in [0.5, 0.6) is 5.75 Å². The third-order valence-corrected chi connectivity index (χ3v) is 1.41. The van der Waals surface area contributed by atoms with Crippen molar-refractivity contribution in [1.29, 1.82) is 5.41 Å². The molecular weight excluding hydrogens is 140 g/mol. The van der Waals surface area contributed by atoms with Crippen molar-refractivity contribution in [2.24, 2.45) is 0 Å². The van der Waals surface area contributed by atoms with Gasteiger partial charge in [0, 0.05) is 12.6 Å². The van der Waals surface area contributed by atoms with Crippen LogP contribution in [0.4, 0.5) is 0 Å². The van der Waals surface area contributed by atoms with Crippen LogP contribution >= 0.6 is 0 Å². The van der Waals surface area contributed by atoms with Gasteiger partial charge in [-0.25, -0.2) is 0 Å². The summed E-state index contributed by atoms with van der Waals surface area (Å²) < 4.78 is 0. The lowest BCUT2D eigenvalue weighted by atomic mass is 10.2. The van der Waals surface area contributed by atoms with E-state index in [9.17, 15) is 0 Å². The van der Waals surface area contributed by atoms with E-state index < -0.39 is 0 Å². The number of nitrogens with one attached hydrogen (secondary N) is 2. The van der Waals surface area contributed by atoms with Crippen molar-refractivity contribution in [3.05, 3.63) is 29.8 Å². The monoisotopic (exact) mass is 150 g/mol. The smallest absolute Gasteiger partial charge is 0.125 e. The minimum Gasteiger partial charge on any atom is -0.508 e. The molecule has 1 aromatic carbocycles. The minimum absolute atomic E-state index is 0.220. The molecule has 0 aliphatic heterocycles. The summed E-state index contributed by atoms with van der Waals surface area (Å²) in [5, 5.41) is 19.0. The summed E-state index contributed by atoms with van der Waals surface area (Å²) in [4.78, 5) is 0. The summed E-state index contributed by atoms with van der Waals surface area (Å²) in [5.74, 6) is 0.572. The largest absolute Gasteiger partial charge is 0.508 e. The normalized spacial score (nSPS) is 9.18. The van der Waals surface area contributed by atoms with Crippen molar-refractivity contribution in [1.82, 2.24) is 5.32 Å². The van der Waals surface area contributed by atoms with Gasteiger partial charge in [-0.3, -0.25) is 5.41 Å². The Morgan fingerprint density at radius 3 is 2.36 bits per heavy atom. The zero-order valence-corrected chi connectivity index (χ0v) is 6.26. The number of phenolic OH excluding ortho intramolecular Hbond substituents is 1. The topological polar surface area (TPSA) is 56.1 Å². The first-order valence-electron chi connectivity index (χ1n) is 3.29. The average molecular weight is 150 g/mol. The molecular formula is C8H10N2O. The average Bonchev–Trinajstić information content (AvgIpc) is 2.05. The van der Waals surface area contributed by atoms with E-state index in [0.29, 0.717) is 5.84 Å². The SMILES string of the molecule is CNC(=N)c1ccc(O)cc1. The molecule has 11 heavy (non-hydrogen) atoms. The molecule has 0 bridgehead atoms. The molecule has 3 heteroatoms. The molecule has 0 unspecified atom stereocenters. The van der Waals surface area contributed by atoms with Crippen LogP contribution < -0.4 is 5.32 Å². The number of phenols is 1. The predicted molar refractivity (Wildman–Crippen MR) is 44.0 cm³/mol. The Labute approximate surface area is 65.2 Å². The fraction of sp³-hybridized carbons (Fsp3) is 0.125. The molecule has 0 fully saturated rings. The van der Waals surface area contributed by atoms with Crippen molar-refractivity contribution in [2.75, 3.05) is 7.05 Å². The van der Waals surface area contributed by atoms with Gasteiger partial charge in [-0.15, -0.1) is 0 Å². The highest BCUT2D eigenvalue weighted by molar-refractivity contribution is 5.96. The molecule has 0 heterocycles. The van der Waals surface area contributed by atoms with E-state index in [1.165, 1.54) is 0 Å². The van der Waals surface area contributed by atoms with Crippen LogP contribution in [0.15, 0.2) is 24.3 Å². The van der Waals surface area contributed by atoms with Crippen molar-refractivity contribution in [3.8, 4) is 5.75 Å². The number of aromatic hydroxyl groups is 1. The van der Waals surface area contributed by atoms with Gasteiger partial charge in [-0.2, -0.15) is 0 Å². The molecule has 0 saturated carbocycles. The lowest BCUT2D eigenvalue weighted by Crippen LogP contribution is -2.17. The molecule has 3 nitrogen and oxygen atoms in total. The van der Waals surface area contributed by atoms with E-state index in [-0.39, 0.29) is 5.75 Å². The molecule has 0 saturated heterocycles. The highest BCUT2D eigenvalue weighted by Gasteiger charge is 1.96. The Morgan fingerprint density at radius 2 is 1.91 bits per heavy atom. The molecule has 1 rings (SSSR count). The first-order valence-corrected chi connectivity index (χ1v) is 3.29. The van der Waals surface area contributed by atoms with Crippen LogP contribution in [0.1, 0.15) is 5.56 Å². The zero-order valence-electron chi connectivity index (χ0n) is 6.26. The second-order valence-corrected chi connectivity index (χ2v) is 2.17. The highest BCUT2D eigenvalue weighted by Crippen LogP contribution is 2.08. The zero-order chi connectivity index (χ0) is 8.27. The van der Waals surface area contributed by atoms with E-state index in [1.54, 1.807) is 31.3 Å². The van der Waals surface area contributed by atoms with Crippen LogP contribution in [0.25, 0.3) is 0 Å². The Morgan fingerprint density at radius 1 is 1.36 bits per heavy atom. The summed E-state index contributed by atoms with van der Waals surface area (Å²) in [5.41, 5.74) is 0.769. The molecule has 1 aromatic rings. The quantitative estimate of drug-likeness (QED) is 0.412. The number of hydrogen-bond acceptors (Lipinski definition) is 2. The van der Waals surface area contributed by atoms with Gasteiger partial charge in [0.1, 0.15) is 11.6 Å². The molecule has 0 aliphatic carbocycles. The number of rotatable bonds is 1. The maximum absolute atomic E-state index is 8.92. The number of amidine groups is 1. The summed E-state index contributed by atoms with van der Waals surface area (Å²) in [7, 11) is 1.69. The molecule has 58 valence electrons. The van der Waals surface area contributed by atoms with Gasteiger partial charge in [-0.05, 0) is 24.3 Å². The van der Waals surface area contributed by atoms with Crippen LogP contribution in [-0.4, -0.2) is 18.0 Å². The molecule has 0 amide bonds. The predicted octanol–water partition coefficient (Wildman–Crippen LogP) is 0.937. The van der Waals surface area contributed by atoms with Gasteiger partial charge >= 0.3 is 0 Å². The summed E-state index contributed by atoms with van der Waals surface area (Å²) in [6, 6.07) is 6.49. The summed E-state index contributed by atoms with van der Waals surface area (Å²) in [6.45, 7) is 0. The lowest BCUT2D eigenvalue weighted by molar-refractivity contribution is 0.475. The number of hydrogen-bond donors (Lipinski definition) is 3. The lowest BCUT2D eigenvalue weighted by Gasteiger charge is -2.01. The number of benzene rings is 1. The first-order chi connectivity index (χ1) is 5.24. The Bertz CT molecular complexity index is 253. The molecule has 0 atom stereocenters. The fourth-order valence-corrected chi connectivity index (χ4v) is 0.772. The van der Waals surface area contributed by atoms with Gasteiger partial charge in [-0.1, -0.05) is 0 Å².